The van der Waals surface area contributed by atoms with E-state index in [-0.39, 0.29) is 24.5 Å². The molecule has 1 aromatic heterocycles. The summed E-state index contributed by atoms with van der Waals surface area (Å²) < 4.78 is 6.99. The van der Waals surface area contributed by atoms with Crippen molar-refractivity contribution in [1.82, 2.24) is 14.5 Å². The maximum Gasteiger partial charge on any atom is 0.407 e. The largest absolute Gasteiger partial charge is 0.444 e. The van der Waals surface area contributed by atoms with Gasteiger partial charge in [0, 0.05) is 27.1 Å². The molecule has 1 aromatic rings. The average Bonchev–Trinajstić information content (AvgIpc) is 2.50. The highest BCUT2D eigenvalue weighted by molar-refractivity contribution is 5.92. The van der Waals surface area contributed by atoms with Crippen molar-refractivity contribution >= 4 is 23.5 Å². The number of nitrogens with two attached hydrogens (primary N) is 1. The van der Waals surface area contributed by atoms with Crippen molar-refractivity contribution in [2.24, 2.45) is 14.1 Å². The summed E-state index contributed by atoms with van der Waals surface area (Å²) in [5, 5.41) is 4.94. The second-order valence-electron chi connectivity index (χ2n) is 6.55. The topological polar surface area (TPSA) is 137 Å². The molecule has 0 bridgehead atoms. The Balaban J connectivity index is 2.58. The highest BCUT2D eigenvalue weighted by Crippen LogP contribution is 2.10. The van der Waals surface area contributed by atoms with Gasteiger partial charge in [-0.05, 0) is 27.2 Å². The van der Waals surface area contributed by atoms with E-state index in [1.165, 1.54) is 14.1 Å². The quantitative estimate of drug-likeness (QED) is 0.631. The molecule has 25 heavy (non-hydrogen) atoms. The molecule has 2 amide bonds. The van der Waals surface area contributed by atoms with Crippen molar-refractivity contribution in [3.05, 3.63) is 20.8 Å². The Bertz CT molecular complexity index is 772. The Morgan fingerprint density at radius 2 is 1.76 bits per heavy atom. The minimum Gasteiger partial charge on any atom is -0.444 e. The molecule has 140 valence electrons. The molecule has 0 saturated carbocycles. The van der Waals surface area contributed by atoms with Crippen molar-refractivity contribution in [3.8, 4) is 0 Å². The maximum atomic E-state index is 12.0. The highest BCUT2D eigenvalue weighted by Gasteiger charge is 2.17. The zero-order valence-electron chi connectivity index (χ0n) is 15.1. The number of nitrogen functional groups attached to an aromatic ring is 1. The van der Waals surface area contributed by atoms with Crippen LogP contribution in [-0.4, -0.2) is 33.3 Å². The van der Waals surface area contributed by atoms with Gasteiger partial charge >= 0.3 is 11.8 Å². The number of ether oxygens (including phenoxy) is 1. The van der Waals surface area contributed by atoms with E-state index >= 15 is 0 Å². The van der Waals surface area contributed by atoms with Crippen LogP contribution in [0.2, 0.25) is 0 Å². The summed E-state index contributed by atoms with van der Waals surface area (Å²) in [6.07, 6.45) is -0.165. The lowest BCUT2D eigenvalue weighted by molar-refractivity contribution is -0.116. The standard InChI is InChI=1S/C15H25N5O5/c1-15(2,3)25-13(23)17-8-6-7-9(21)18-10-11(16)19(4)14(24)20(5)12(10)22/h6-8,16H2,1-5H3,(H,17,23)(H,18,21). The minimum atomic E-state index is -0.680. The summed E-state index contributed by atoms with van der Waals surface area (Å²) in [7, 11) is 2.70. The molecule has 0 atom stereocenters. The molecule has 1 heterocycles. The molecule has 0 saturated heterocycles. The lowest BCUT2D eigenvalue weighted by Crippen LogP contribution is -2.40. The summed E-state index contributed by atoms with van der Waals surface area (Å²) in [6.45, 7) is 5.48. The first-order chi connectivity index (χ1) is 11.4. The molecule has 0 radical (unpaired) electrons. The van der Waals surface area contributed by atoms with Gasteiger partial charge in [0.15, 0.2) is 0 Å². The van der Waals surface area contributed by atoms with Crippen LogP contribution in [0.3, 0.4) is 0 Å². The molecular weight excluding hydrogens is 330 g/mol. The number of nitrogens with zero attached hydrogens (tertiary/aromatic N) is 2. The number of aromatic nitrogens is 2. The molecule has 0 aliphatic heterocycles. The van der Waals surface area contributed by atoms with E-state index in [2.05, 4.69) is 10.6 Å². The second kappa shape index (κ2) is 7.86. The van der Waals surface area contributed by atoms with Crippen molar-refractivity contribution in [1.29, 1.82) is 0 Å². The molecule has 0 aromatic carbocycles. The number of hydrogen-bond acceptors (Lipinski definition) is 6. The van der Waals surface area contributed by atoms with Gasteiger partial charge in [-0.1, -0.05) is 0 Å². The number of nitrogens with one attached hydrogen (secondary N) is 2. The Hall–Kier alpha value is -2.78. The Labute approximate surface area is 145 Å². The van der Waals surface area contributed by atoms with Crippen LogP contribution < -0.4 is 27.6 Å². The first-order valence-corrected chi connectivity index (χ1v) is 7.76. The fourth-order valence-corrected chi connectivity index (χ4v) is 1.93. The normalized spacial score (nSPS) is 11.1. The first-order valence-electron chi connectivity index (χ1n) is 7.76. The fraction of sp³-hybridized carbons (Fsp3) is 0.600. The van der Waals surface area contributed by atoms with Gasteiger partial charge in [-0.2, -0.15) is 0 Å². The van der Waals surface area contributed by atoms with Crippen molar-refractivity contribution in [2.45, 2.75) is 39.2 Å². The lowest BCUT2D eigenvalue weighted by atomic mass is 10.2. The van der Waals surface area contributed by atoms with E-state index in [9.17, 15) is 19.2 Å². The Morgan fingerprint density at radius 3 is 2.32 bits per heavy atom. The van der Waals surface area contributed by atoms with Crippen LogP contribution in [-0.2, 0) is 23.6 Å². The van der Waals surface area contributed by atoms with Gasteiger partial charge in [-0.3, -0.25) is 18.7 Å². The molecule has 4 N–H and O–H groups in total. The van der Waals surface area contributed by atoms with Gasteiger partial charge in [-0.25, -0.2) is 9.59 Å². The molecule has 10 nitrogen and oxygen atoms in total. The molecule has 0 spiro atoms. The molecular formula is C15H25N5O5. The van der Waals surface area contributed by atoms with E-state index in [0.29, 0.717) is 6.42 Å². The molecule has 10 heteroatoms. The zero-order valence-corrected chi connectivity index (χ0v) is 15.1. The van der Waals surface area contributed by atoms with Gasteiger partial charge in [0.2, 0.25) is 5.91 Å². The summed E-state index contributed by atoms with van der Waals surface area (Å²) in [5.41, 5.74) is 3.72. The van der Waals surface area contributed by atoms with Crippen LogP contribution in [0.1, 0.15) is 33.6 Å². The predicted molar refractivity (Wildman–Crippen MR) is 93.4 cm³/mol. The minimum absolute atomic E-state index is 0.0568. The number of carbonyl (C=O) groups excluding carboxylic acids is 2. The third kappa shape index (κ3) is 5.66. The predicted octanol–water partition coefficient (Wildman–Crippen LogP) is -0.0904. The molecule has 0 aliphatic rings. The summed E-state index contributed by atoms with van der Waals surface area (Å²) in [6, 6.07) is 0. The lowest BCUT2D eigenvalue weighted by Gasteiger charge is -2.19. The molecule has 0 aliphatic carbocycles. The van der Waals surface area contributed by atoms with Crippen LogP contribution in [0.5, 0.6) is 0 Å². The SMILES string of the molecule is Cn1c(N)c(NC(=O)CCCNC(=O)OC(C)(C)C)c(=O)n(C)c1=O. The van der Waals surface area contributed by atoms with E-state index in [1.54, 1.807) is 20.8 Å². The van der Waals surface area contributed by atoms with Crippen LogP contribution >= 0.6 is 0 Å². The third-order valence-corrected chi connectivity index (χ3v) is 3.22. The first kappa shape index (κ1) is 20.3. The van der Waals surface area contributed by atoms with Gasteiger partial charge < -0.3 is 21.1 Å². The van der Waals surface area contributed by atoms with Crippen LogP contribution in [0.15, 0.2) is 9.59 Å². The van der Waals surface area contributed by atoms with Crippen LogP contribution in [0.4, 0.5) is 16.3 Å². The zero-order chi connectivity index (χ0) is 19.4. The fourth-order valence-electron chi connectivity index (χ4n) is 1.93. The van der Waals surface area contributed by atoms with Gasteiger partial charge in [0.05, 0.1) is 0 Å². The van der Waals surface area contributed by atoms with Crippen molar-refractivity contribution < 1.29 is 14.3 Å². The number of rotatable bonds is 5. The smallest absolute Gasteiger partial charge is 0.407 e. The number of carbonyl (C=O) groups is 2. The van der Waals surface area contributed by atoms with Crippen LogP contribution in [0, 0.1) is 0 Å². The van der Waals surface area contributed by atoms with Gasteiger partial charge in [-0.15, -0.1) is 0 Å². The van der Waals surface area contributed by atoms with E-state index in [1.807, 2.05) is 0 Å². The monoisotopic (exact) mass is 355 g/mol. The third-order valence-electron chi connectivity index (χ3n) is 3.22. The summed E-state index contributed by atoms with van der Waals surface area (Å²) in [4.78, 5) is 47.2. The Kier molecular flexibility index (Phi) is 6.37. The van der Waals surface area contributed by atoms with Crippen LogP contribution in [0.25, 0.3) is 0 Å². The Morgan fingerprint density at radius 1 is 1.16 bits per heavy atom. The highest BCUT2D eigenvalue weighted by atomic mass is 16.6. The number of amides is 2. The van der Waals surface area contributed by atoms with Gasteiger partial charge in [0.25, 0.3) is 5.56 Å². The molecule has 0 unspecified atom stereocenters. The van der Waals surface area contributed by atoms with Crippen molar-refractivity contribution in [2.75, 3.05) is 17.6 Å². The van der Waals surface area contributed by atoms with E-state index in [0.717, 1.165) is 9.13 Å². The maximum absolute atomic E-state index is 12.0. The molecule has 0 fully saturated rings. The average molecular weight is 355 g/mol. The van der Waals surface area contributed by atoms with Crippen molar-refractivity contribution in [3.63, 3.8) is 0 Å². The second-order valence-corrected chi connectivity index (χ2v) is 6.55. The van der Waals surface area contributed by atoms with E-state index in [4.69, 9.17) is 10.5 Å². The summed E-state index contributed by atoms with van der Waals surface area (Å²) in [5.74, 6) is -0.568. The number of alkyl carbamates (subject to hydrolysis) is 1. The summed E-state index contributed by atoms with van der Waals surface area (Å²) >= 11 is 0. The molecule has 1 rings (SSSR count). The number of anilines is 2. The number of hydrogen-bond donors (Lipinski definition) is 3. The van der Waals surface area contributed by atoms with E-state index < -0.39 is 28.9 Å². The van der Waals surface area contributed by atoms with Gasteiger partial charge in [0.1, 0.15) is 17.1 Å².